The molecule has 3 rings (SSSR count). The zero-order valence-electron chi connectivity index (χ0n) is 13.6. The van der Waals surface area contributed by atoms with E-state index in [1.807, 2.05) is 0 Å². The van der Waals surface area contributed by atoms with Crippen molar-refractivity contribution in [1.29, 1.82) is 0 Å². The SMILES string of the molecule is CN1C[C@@H]2CN(C(=O)c3ccccc3F)CCN2C(C)(C)C1. The molecule has 5 heteroatoms. The van der Waals surface area contributed by atoms with Gasteiger partial charge in [-0.15, -0.1) is 0 Å². The second-order valence-electron chi connectivity index (χ2n) is 7.09. The fourth-order valence-electron chi connectivity index (χ4n) is 3.97. The number of carbonyl (C=O) groups excluding carboxylic acids is 1. The summed E-state index contributed by atoms with van der Waals surface area (Å²) in [7, 11) is 2.12. The van der Waals surface area contributed by atoms with Gasteiger partial charge < -0.3 is 9.80 Å². The number of amides is 1. The van der Waals surface area contributed by atoms with Gasteiger partial charge in [-0.2, -0.15) is 0 Å². The van der Waals surface area contributed by atoms with Gasteiger partial charge in [0.2, 0.25) is 0 Å². The summed E-state index contributed by atoms with van der Waals surface area (Å²) in [5.74, 6) is -0.625. The molecule has 0 aliphatic carbocycles. The fourth-order valence-corrected chi connectivity index (χ4v) is 3.97. The molecule has 0 bridgehead atoms. The number of halogens is 1. The quantitative estimate of drug-likeness (QED) is 0.790. The predicted molar refractivity (Wildman–Crippen MR) is 84.4 cm³/mol. The van der Waals surface area contributed by atoms with Gasteiger partial charge in [0.05, 0.1) is 5.56 Å². The van der Waals surface area contributed by atoms with Crippen molar-refractivity contribution < 1.29 is 9.18 Å². The van der Waals surface area contributed by atoms with Crippen molar-refractivity contribution in [3.8, 4) is 0 Å². The minimum atomic E-state index is -0.434. The highest BCUT2D eigenvalue weighted by atomic mass is 19.1. The van der Waals surface area contributed by atoms with E-state index in [9.17, 15) is 9.18 Å². The van der Waals surface area contributed by atoms with E-state index in [0.29, 0.717) is 19.1 Å². The lowest BCUT2D eigenvalue weighted by molar-refractivity contribution is -0.0519. The average molecular weight is 305 g/mol. The van der Waals surface area contributed by atoms with Gasteiger partial charge in [0.15, 0.2) is 0 Å². The minimum absolute atomic E-state index is 0.116. The van der Waals surface area contributed by atoms with Crippen LogP contribution in [0.15, 0.2) is 24.3 Å². The van der Waals surface area contributed by atoms with Crippen LogP contribution in [0.25, 0.3) is 0 Å². The molecule has 0 unspecified atom stereocenters. The summed E-state index contributed by atoms with van der Waals surface area (Å²) in [6.07, 6.45) is 0. The highest BCUT2D eigenvalue weighted by Crippen LogP contribution is 2.28. The van der Waals surface area contributed by atoms with Gasteiger partial charge in [0.1, 0.15) is 5.82 Å². The fraction of sp³-hybridized carbons (Fsp3) is 0.588. The van der Waals surface area contributed by atoms with Gasteiger partial charge in [0, 0.05) is 44.3 Å². The van der Waals surface area contributed by atoms with E-state index in [4.69, 9.17) is 0 Å². The summed E-state index contributed by atoms with van der Waals surface area (Å²) < 4.78 is 13.8. The first-order valence-corrected chi connectivity index (χ1v) is 7.87. The number of nitrogens with zero attached hydrogens (tertiary/aromatic N) is 3. The highest BCUT2D eigenvalue weighted by molar-refractivity contribution is 5.94. The first kappa shape index (κ1) is 15.4. The van der Waals surface area contributed by atoms with E-state index in [1.54, 1.807) is 23.1 Å². The van der Waals surface area contributed by atoms with Gasteiger partial charge in [-0.25, -0.2) is 4.39 Å². The van der Waals surface area contributed by atoms with Gasteiger partial charge >= 0.3 is 0 Å². The maximum atomic E-state index is 13.8. The Morgan fingerprint density at radius 2 is 1.95 bits per heavy atom. The number of benzene rings is 1. The lowest BCUT2D eigenvalue weighted by Gasteiger charge is -2.55. The molecule has 4 nitrogen and oxygen atoms in total. The van der Waals surface area contributed by atoms with E-state index in [2.05, 4.69) is 30.7 Å². The number of likely N-dealkylation sites (N-methyl/N-ethyl adjacent to an activating group) is 1. The normalized spacial score (nSPS) is 25.8. The maximum Gasteiger partial charge on any atom is 0.256 e. The van der Waals surface area contributed by atoms with E-state index >= 15 is 0 Å². The Bertz CT molecular complexity index is 575. The van der Waals surface area contributed by atoms with E-state index < -0.39 is 5.82 Å². The Labute approximate surface area is 131 Å². The number of carbonyl (C=O) groups is 1. The number of hydrogen-bond donors (Lipinski definition) is 0. The van der Waals surface area contributed by atoms with Crippen LogP contribution in [0.1, 0.15) is 24.2 Å². The molecule has 1 aromatic carbocycles. The summed E-state index contributed by atoms with van der Waals surface area (Å²) in [5, 5.41) is 0. The van der Waals surface area contributed by atoms with Crippen molar-refractivity contribution in [3.63, 3.8) is 0 Å². The largest absolute Gasteiger partial charge is 0.336 e. The van der Waals surface area contributed by atoms with Gasteiger partial charge in [-0.3, -0.25) is 9.69 Å². The third-order valence-corrected chi connectivity index (χ3v) is 4.83. The molecule has 2 heterocycles. The number of rotatable bonds is 1. The first-order chi connectivity index (χ1) is 10.4. The topological polar surface area (TPSA) is 26.8 Å². The van der Waals surface area contributed by atoms with Gasteiger partial charge in [-0.1, -0.05) is 12.1 Å². The van der Waals surface area contributed by atoms with Gasteiger partial charge in [-0.05, 0) is 33.0 Å². The second kappa shape index (κ2) is 5.63. The first-order valence-electron chi connectivity index (χ1n) is 7.87. The summed E-state index contributed by atoms with van der Waals surface area (Å²) in [4.78, 5) is 19.2. The predicted octanol–water partition coefficient (Wildman–Crippen LogP) is 1.68. The lowest BCUT2D eigenvalue weighted by Crippen LogP contribution is -2.69. The molecule has 22 heavy (non-hydrogen) atoms. The molecular weight excluding hydrogens is 281 g/mol. The van der Waals surface area contributed by atoms with Crippen molar-refractivity contribution >= 4 is 5.91 Å². The Morgan fingerprint density at radius 3 is 2.68 bits per heavy atom. The Hall–Kier alpha value is -1.46. The van der Waals surface area contributed by atoms with Crippen LogP contribution in [0, 0.1) is 5.82 Å². The van der Waals surface area contributed by atoms with E-state index in [0.717, 1.165) is 19.6 Å². The number of piperazine rings is 2. The van der Waals surface area contributed by atoms with Crippen LogP contribution in [0.4, 0.5) is 4.39 Å². The summed E-state index contributed by atoms with van der Waals surface area (Å²) >= 11 is 0. The molecule has 120 valence electrons. The minimum Gasteiger partial charge on any atom is -0.336 e. The van der Waals surface area contributed by atoms with Crippen molar-refractivity contribution in [2.75, 3.05) is 39.8 Å². The zero-order valence-corrected chi connectivity index (χ0v) is 13.6. The van der Waals surface area contributed by atoms with Crippen LogP contribution in [0.2, 0.25) is 0 Å². The van der Waals surface area contributed by atoms with Crippen molar-refractivity contribution in [3.05, 3.63) is 35.6 Å². The summed E-state index contributed by atoms with van der Waals surface area (Å²) in [6, 6.07) is 6.56. The smallest absolute Gasteiger partial charge is 0.256 e. The molecule has 1 atom stereocenters. The molecule has 0 N–H and O–H groups in total. The number of hydrogen-bond acceptors (Lipinski definition) is 3. The lowest BCUT2D eigenvalue weighted by atomic mass is 9.93. The van der Waals surface area contributed by atoms with Crippen molar-refractivity contribution in [2.45, 2.75) is 25.4 Å². The second-order valence-corrected chi connectivity index (χ2v) is 7.09. The summed E-state index contributed by atoms with van der Waals surface area (Å²) in [6.45, 7) is 8.67. The molecule has 2 saturated heterocycles. The molecule has 0 aromatic heterocycles. The van der Waals surface area contributed by atoms with Crippen LogP contribution in [0.3, 0.4) is 0 Å². The molecule has 1 aromatic rings. The Balaban J connectivity index is 1.77. The van der Waals surface area contributed by atoms with Crippen molar-refractivity contribution in [1.82, 2.24) is 14.7 Å². The molecule has 0 radical (unpaired) electrons. The zero-order chi connectivity index (χ0) is 15.9. The third kappa shape index (κ3) is 2.75. The standard InChI is InChI=1S/C17H24FN3O/c1-17(2)12-19(3)10-13-11-20(8-9-21(13)17)16(22)14-6-4-5-7-15(14)18/h4-7,13H,8-12H2,1-3H3/t13-/m1/s1. The third-order valence-electron chi connectivity index (χ3n) is 4.83. The molecular formula is C17H24FN3O. The van der Waals surface area contributed by atoms with Crippen LogP contribution >= 0.6 is 0 Å². The van der Waals surface area contributed by atoms with Crippen molar-refractivity contribution in [2.24, 2.45) is 0 Å². The molecule has 1 amide bonds. The van der Waals surface area contributed by atoms with Crippen LogP contribution in [-0.2, 0) is 0 Å². The van der Waals surface area contributed by atoms with Crippen LogP contribution in [0.5, 0.6) is 0 Å². The highest BCUT2D eigenvalue weighted by Gasteiger charge is 2.42. The monoisotopic (exact) mass is 305 g/mol. The number of fused-ring (bicyclic) bond motifs is 1. The van der Waals surface area contributed by atoms with Gasteiger partial charge in [0.25, 0.3) is 5.91 Å². The Kier molecular flexibility index (Phi) is 3.95. The Morgan fingerprint density at radius 1 is 1.23 bits per heavy atom. The average Bonchev–Trinajstić information content (AvgIpc) is 2.45. The molecule has 2 aliphatic rings. The molecule has 2 aliphatic heterocycles. The molecule has 0 spiro atoms. The van der Waals surface area contributed by atoms with Crippen LogP contribution < -0.4 is 0 Å². The molecule has 2 fully saturated rings. The van der Waals surface area contributed by atoms with E-state index in [1.165, 1.54) is 6.07 Å². The maximum absolute atomic E-state index is 13.8. The molecule has 0 saturated carbocycles. The van der Waals surface area contributed by atoms with Crippen LogP contribution in [-0.4, -0.2) is 72.0 Å². The summed E-state index contributed by atoms with van der Waals surface area (Å²) in [5.41, 5.74) is 0.296. The van der Waals surface area contributed by atoms with E-state index in [-0.39, 0.29) is 17.0 Å².